The lowest BCUT2D eigenvalue weighted by Crippen LogP contribution is -2.09. The maximum absolute atomic E-state index is 9.31. The quantitative estimate of drug-likeness (QED) is 0.642. The van der Waals surface area contributed by atoms with Gasteiger partial charge >= 0.3 is 0 Å². The Labute approximate surface area is 141 Å². The molecule has 1 aromatic heterocycles. The molecule has 1 aliphatic carbocycles. The molecule has 0 radical (unpaired) electrons. The lowest BCUT2D eigenvalue weighted by atomic mass is 9.86. The van der Waals surface area contributed by atoms with Gasteiger partial charge in [0.2, 0.25) is 4.77 Å². The zero-order valence-electron chi connectivity index (χ0n) is 13.1. The number of H-pyrrole nitrogens is 1. The highest BCUT2D eigenvalue weighted by Gasteiger charge is 2.15. The van der Waals surface area contributed by atoms with Crippen LogP contribution in [-0.4, -0.2) is 26.2 Å². The van der Waals surface area contributed by atoms with E-state index in [0.717, 1.165) is 30.1 Å². The van der Waals surface area contributed by atoms with Crippen molar-refractivity contribution in [1.82, 2.24) is 14.9 Å². The van der Waals surface area contributed by atoms with E-state index in [1.165, 1.54) is 32.1 Å². The second kappa shape index (κ2) is 7.55. The zero-order valence-corrected chi connectivity index (χ0v) is 13.9. The summed E-state index contributed by atoms with van der Waals surface area (Å²) in [5.41, 5.74) is 0.907. The van der Waals surface area contributed by atoms with Crippen molar-refractivity contribution < 1.29 is 5.11 Å². The summed E-state index contributed by atoms with van der Waals surface area (Å²) in [5, 5.41) is 20.9. The summed E-state index contributed by atoms with van der Waals surface area (Å²) < 4.78 is 2.21. The summed E-state index contributed by atoms with van der Waals surface area (Å²) in [6.45, 7) is 0. The molecule has 23 heavy (non-hydrogen) atoms. The first-order chi connectivity index (χ1) is 11.2. The van der Waals surface area contributed by atoms with Crippen molar-refractivity contribution in [3.8, 4) is 5.75 Å². The first-order valence-corrected chi connectivity index (χ1v) is 8.63. The van der Waals surface area contributed by atoms with Crippen molar-refractivity contribution in [2.45, 2.75) is 44.9 Å². The van der Waals surface area contributed by atoms with E-state index in [-0.39, 0.29) is 5.75 Å². The number of aromatic amines is 1. The largest absolute Gasteiger partial charge is 0.508 e. The summed E-state index contributed by atoms with van der Waals surface area (Å²) in [5.74, 6) is 1.94. The van der Waals surface area contributed by atoms with Crippen LogP contribution >= 0.6 is 12.2 Å². The summed E-state index contributed by atoms with van der Waals surface area (Å²) in [6, 6.07) is 6.90. The van der Waals surface area contributed by atoms with Gasteiger partial charge in [-0.15, -0.1) is 0 Å². The van der Waals surface area contributed by atoms with Crippen LogP contribution in [0.4, 0.5) is 0 Å². The number of phenolic OH excluding ortho intramolecular Hbond substituents is 1. The van der Waals surface area contributed by atoms with Crippen molar-refractivity contribution in [2.75, 3.05) is 0 Å². The molecule has 0 spiro atoms. The van der Waals surface area contributed by atoms with E-state index in [2.05, 4.69) is 15.3 Å². The second-order valence-corrected chi connectivity index (χ2v) is 6.52. The number of benzene rings is 1. The minimum Gasteiger partial charge on any atom is -0.508 e. The van der Waals surface area contributed by atoms with Crippen LogP contribution in [0.5, 0.6) is 5.75 Å². The second-order valence-electron chi connectivity index (χ2n) is 6.14. The number of phenols is 1. The van der Waals surface area contributed by atoms with Crippen molar-refractivity contribution in [3.05, 3.63) is 40.4 Å². The highest BCUT2D eigenvalue weighted by atomic mass is 32.1. The van der Waals surface area contributed by atoms with E-state index < -0.39 is 0 Å². The van der Waals surface area contributed by atoms with Crippen LogP contribution in [0.1, 0.15) is 49.9 Å². The van der Waals surface area contributed by atoms with Crippen molar-refractivity contribution >= 4 is 18.4 Å². The molecule has 0 unspecified atom stereocenters. The number of hydrogen-bond donors (Lipinski definition) is 2. The number of hydrogen-bond acceptors (Lipinski definition) is 4. The van der Waals surface area contributed by atoms with Crippen LogP contribution < -0.4 is 0 Å². The van der Waals surface area contributed by atoms with Gasteiger partial charge in [-0.05, 0) is 54.4 Å². The predicted molar refractivity (Wildman–Crippen MR) is 93.4 cm³/mol. The molecule has 0 atom stereocenters. The smallest absolute Gasteiger partial charge is 0.216 e. The monoisotopic (exact) mass is 330 g/mol. The summed E-state index contributed by atoms with van der Waals surface area (Å²) in [4.78, 5) is 0. The van der Waals surface area contributed by atoms with Gasteiger partial charge in [-0.2, -0.15) is 14.9 Å². The Morgan fingerprint density at radius 2 is 2.00 bits per heavy atom. The molecular formula is C17H22N4OS. The maximum atomic E-state index is 9.31. The highest BCUT2D eigenvalue weighted by Crippen LogP contribution is 2.27. The topological polar surface area (TPSA) is 66.2 Å². The van der Waals surface area contributed by atoms with Crippen molar-refractivity contribution in [2.24, 2.45) is 11.0 Å². The fraction of sp³-hybridized carbons (Fsp3) is 0.471. The van der Waals surface area contributed by atoms with Gasteiger partial charge in [-0.3, -0.25) is 5.10 Å². The first-order valence-electron chi connectivity index (χ1n) is 8.22. The van der Waals surface area contributed by atoms with E-state index in [1.54, 1.807) is 23.0 Å². The maximum Gasteiger partial charge on any atom is 0.216 e. The number of aromatic nitrogens is 3. The summed E-state index contributed by atoms with van der Waals surface area (Å²) in [6.07, 6.45) is 10.5. The lowest BCUT2D eigenvalue weighted by molar-refractivity contribution is 0.336. The standard InChI is InChI=1S/C17H22N4OS/c22-15-9-6-14(7-10-15)12-18-21-16(19-20-17(21)23)11-8-13-4-2-1-3-5-13/h6-7,9-10,12-13,22H,1-5,8,11H2,(H,20,23)/b18-12+. The highest BCUT2D eigenvalue weighted by molar-refractivity contribution is 7.71. The SMILES string of the molecule is Oc1ccc(/C=N/n2c(CCC3CCCCC3)n[nH]c2=S)cc1. The molecule has 0 aliphatic heterocycles. The Morgan fingerprint density at radius 1 is 1.26 bits per heavy atom. The predicted octanol–water partition coefficient (Wildman–Crippen LogP) is 4.04. The Balaban J connectivity index is 1.68. The Bertz CT molecular complexity index is 711. The zero-order chi connectivity index (χ0) is 16.1. The third-order valence-corrected chi connectivity index (χ3v) is 4.70. The normalized spacial score (nSPS) is 16.2. The van der Waals surface area contributed by atoms with Gasteiger partial charge in [0, 0.05) is 6.42 Å². The average Bonchev–Trinajstić information content (AvgIpc) is 2.93. The van der Waals surface area contributed by atoms with Gasteiger partial charge in [0.15, 0.2) is 5.82 Å². The molecule has 3 rings (SSSR count). The Kier molecular flexibility index (Phi) is 5.23. The molecule has 0 saturated heterocycles. The Hall–Kier alpha value is -1.95. The first kappa shape index (κ1) is 15.9. The molecule has 1 fully saturated rings. The average molecular weight is 330 g/mol. The summed E-state index contributed by atoms with van der Waals surface area (Å²) in [7, 11) is 0. The van der Waals surface area contributed by atoms with Gasteiger partial charge in [-0.25, -0.2) is 0 Å². The molecule has 122 valence electrons. The molecule has 0 bridgehead atoms. The molecule has 1 aliphatic rings. The molecule has 1 heterocycles. The van der Waals surface area contributed by atoms with Crippen molar-refractivity contribution in [3.63, 3.8) is 0 Å². The van der Waals surface area contributed by atoms with E-state index >= 15 is 0 Å². The van der Waals surface area contributed by atoms with Crippen LogP contribution in [0.15, 0.2) is 29.4 Å². The molecule has 1 saturated carbocycles. The fourth-order valence-electron chi connectivity index (χ4n) is 3.10. The molecule has 2 aromatic rings. The molecule has 1 aromatic carbocycles. The lowest BCUT2D eigenvalue weighted by Gasteiger charge is -2.20. The number of aryl methyl sites for hydroxylation is 1. The van der Waals surface area contributed by atoms with Crippen molar-refractivity contribution in [1.29, 1.82) is 0 Å². The number of nitrogens with one attached hydrogen (secondary N) is 1. The van der Waals surface area contributed by atoms with Gasteiger partial charge in [0.1, 0.15) is 5.75 Å². The van der Waals surface area contributed by atoms with Gasteiger partial charge in [0.25, 0.3) is 0 Å². The number of nitrogens with zero attached hydrogens (tertiary/aromatic N) is 3. The molecule has 2 N–H and O–H groups in total. The van der Waals surface area contributed by atoms with E-state index in [9.17, 15) is 5.11 Å². The third kappa shape index (κ3) is 4.28. The molecular weight excluding hydrogens is 308 g/mol. The summed E-state index contributed by atoms with van der Waals surface area (Å²) >= 11 is 5.27. The fourth-order valence-corrected chi connectivity index (χ4v) is 3.30. The Morgan fingerprint density at radius 3 is 2.74 bits per heavy atom. The van der Waals surface area contributed by atoms with Crippen LogP contribution in [0.2, 0.25) is 0 Å². The van der Waals surface area contributed by atoms with Crippen LogP contribution in [-0.2, 0) is 6.42 Å². The van der Waals surface area contributed by atoms with Gasteiger partial charge in [-0.1, -0.05) is 32.1 Å². The van der Waals surface area contributed by atoms with Crippen LogP contribution in [0.25, 0.3) is 0 Å². The van der Waals surface area contributed by atoms with Crippen LogP contribution in [0, 0.1) is 10.7 Å². The number of aromatic hydroxyl groups is 1. The molecule has 0 amide bonds. The third-order valence-electron chi connectivity index (χ3n) is 4.43. The van der Waals surface area contributed by atoms with E-state index in [4.69, 9.17) is 12.2 Å². The molecule has 5 nitrogen and oxygen atoms in total. The molecule has 6 heteroatoms. The van der Waals surface area contributed by atoms with Gasteiger partial charge in [0.05, 0.1) is 6.21 Å². The van der Waals surface area contributed by atoms with Crippen LogP contribution in [0.3, 0.4) is 0 Å². The van der Waals surface area contributed by atoms with E-state index in [0.29, 0.717) is 4.77 Å². The van der Waals surface area contributed by atoms with Gasteiger partial charge < -0.3 is 5.11 Å². The number of rotatable bonds is 5. The minimum absolute atomic E-state index is 0.246. The van der Waals surface area contributed by atoms with E-state index in [1.807, 2.05) is 12.1 Å². The minimum atomic E-state index is 0.246.